The molecule has 1 saturated carbocycles. The van der Waals surface area contributed by atoms with Crippen molar-refractivity contribution in [1.82, 2.24) is 20.3 Å². The van der Waals surface area contributed by atoms with Crippen molar-refractivity contribution < 1.29 is 8.91 Å². The molecule has 1 fully saturated rings. The highest BCUT2D eigenvalue weighted by Gasteiger charge is 2.29. The maximum atomic E-state index is 12.9. The summed E-state index contributed by atoms with van der Waals surface area (Å²) in [6, 6.07) is 7.98. The summed E-state index contributed by atoms with van der Waals surface area (Å²) in [5.74, 6) is 1.38. The Kier molecular flexibility index (Phi) is 2.42. The van der Waals surface area contributed by atoms with Crippen molar-refractivity contribution in [2.45, 2.75) is 18.8 Å². The molecule has 2 aromatic heterocycles. The average Bonchev–Trinajstić information content (AvgIpc) is 3.01. The molecule has 100 valence electrons. The molecule has 0 radical (unpaired) electrons. The summed E-state index contributed by atoms with van der Waals surface area (Å²) < 4.78 is 18.1. The Labute approximate surface area is 113 Å². The van der Waals surface area contributed by atoms with Gasteiger partial charge in [-0.15, -0.1) is 0 Å². The fourth-order valence-corrected chi connectivity index (χ4v) is 2.05. The lowest BCUT2D eigenvalue weighted by molar-refractivity contribution is 0.421. The van der Waals surface area contributed by atoms with Crippen LogP contribution in [-0.4, -0.2) is 20.3 Å². The van der Waals surface area contributed by atoms with E-state index in [-0.39, 0.29) is 5.82 Å². The average molecular weight is 270 g/mol. The number of nitrogens with one attached hydrogen (secondary N) is 1. The first kappa shape index (κ1) is 11.3. The minimum Gasteiger partial charge on any atom is -0.332 e. The topological polar surface area (TPSA) is 67.6 Å². The van der Waals surface area contributed by atoms with Gasteiger partial charge in [-0.25, -0.2) is 4.39 Å². The molecular weight excluding hydrogens is 259 g/mol. The lowest BCUT2D eigenvalue weighted by atomic mass is 10.1. The first-order chi connectivity index (χ1) is 9.79. The smallest absolute Gasteiger partial charge is 0.275 e. The van der Waals surface area contributed by atoms with Gasteiger partial charge in [-0.3, -0.25) is 5.10 Å². The molecule has 0 bridgehead atoms. The Morgan fingerprint density at radius 1 is 1.20 bits per heavy atom. The second-order valence-corrected chi connectivity index (χ2v) is 4.91. The number of benzene rings is 1. The fraction of sp³-hybridized carbons (Fsp3) is 0.214. The maximum absolute atomic E-state index is 12.9. The van der Waals surface area contributed by atoms with Gasteiger partial charge < -0.3 is 4.52 Å². The predicted molar refractivity (Wildman–Crippen MR) is 69.2 cm³/mol. The molecule has 0 amide bonds. The number of hydrogen-bond donors (Lipinski definition) is 1. The third-order valence-electron chi connectivity index (χ3n) is 3.33. The Hall–Kier alpha value is -2.50. The van der Waals surface area contributed by atoms with Crippen LogP contribution in [0, 0.1) is 5.82 Å². The van der Waals surface area contributed by atoms with Crippen molar-refractivity contribution in [3.05, 3.63) is 42.0 Å². The molecule has 2 heterocycles. The van der Waals surface area contributed by atoms with Crippen LogP contribution in [0.15, 0.2) is 34.9 Å². The molecule has 20 heavy (non-hydrogen) atoms. The second kappa shape index (κ2) is 4.26. The van der Waals surface area contributed by atoms with Crippen LogP contribution in [0.1, 0.15) is 24.6 Å². The van der Waals surface area contributed by atoms with Gasteiger partial charge in [0, 0.05) is 11.5 Å². The normalized spacial score (nSPS) is 14.7. The highest BCUT2D eigenvalue weighted by Crippen LogP contribution is 2.38. The molecule has 0 saturated heterocycles. The molecule has 1 aliphatic carbocycles. The molecule has 1 aliphatic rings. The molecular formula is C14H11FN4O. The Morgan fingerprint density at radius 3 is 2.75 bits per heavy atom. The molecule has 0 spiro atoms. The van der Waals surface area contributed by atoms with Crippen LogP contribution < -0.4 is 0 Å². The Balaban J connectivity index is 1.64. The van der Waals surface area contributed by atoms with E-state index in [1.165, 1.54) is 12.1 Å². The van der Waals surface area contributed by atoms with Crippen LogP contribution in [0.25, 0.3) is 22.8 Å². The lowest BCUT2D eigenvalue weighted by Crippen LogP contribution is -1.82. The molecule has 0 aliphatic heterocycles. The van der Waals surface area contributed by atoms with E-state index in [2.05, 4.69) is 20.3 Å². The summed E-state index contributed by atoms with van der Waals surface area (Å²) in [4.78, 5) is 4.35. The number of halogens is 1. The second-order valence-electron chi connectivity index (χ2n) is 4.91. The Morgan fingerprint density at radius 2 is 2.00 bits per heavy atom. The lowest BCUT2D eigenvalue weighted by Gasteiger charge is -1.94. The van der Waals surface area contributed by atoms with Crippen molar-refractivity contribution in [3.63, 3.8) is 0 Å². The molecule has 0 unspecified atom stereocenters. The van der Waals surface area contributed by atoms with Crippen molar-refractivity contribution in [2.24, 2.45) is 0 Å². The number of aromatic amines is 1. The third-order valence-corrected chi connectivity index (χ3v) is 3.33. The molecule has 1 aromatic carbocycles. The summed E-state index contributed by atoms with van der Waals surface area (Å²) in [6.07, 6.45) is 2.26. The van der Waals surface area contributed by atoms with E-state index in [4.69, 9.17) is 4.52 Å². The van der Waals surface area contributed by atoms with Crippen molar-refractivity contribution in [1.29, 1.82) is 0 Å². The minimum absolute atomic E-state index is 0.268. The van der Waals surface area contributed by atoms with E-state index in [1.807, 2.05) is 6.07 Å². The number of H-pyrrole nitrogens is 1. The van der Waals surface area contributed by atoms with Gasteiger partial charge in [0.25, 0.3) is 5.89 Å². The summed E-state index contributed by atoms with van der Waals surface area (Å²) >= 11 is 0. The van der Waals surface area contributed by atoms with E-state index >= 15 is 0 Å². The zero-order chi connectivity index (χ0) is 13.5. The molecule has 6 heteroatoms. The molecule has 0 atom stereocenters. The number of nitrogens with zero attached hydrogens (tertiary/aromatic N) is 3. The Bertz CT molecular complexity index is 743. The fourth-order valence-electron chi connectivity index (χ4n) is 2.05. The van der Waals surface area contributed by atoms with Crippen molar-refractivity contribution >= 4 is 0 Å². The summed E-state index contributed by atoms with van der Waals surface area (Å²) in [5.41, 5.74) is 2.21. The zero-order valence-corrected chi connectivity index (χ0v) is 10.5. The van der Waals surface area contributed by atoms with Gasteiger partial charge in [0.2, 0.25) is 0 Å². The van der Waals surface area contributed by atoms with Crippen LogP contribution in [0.4, 0.5) is 4.39 Å². The third kappa shape index (κ3) is 1.99. The van der Waals surface area contributed by atoms with Gasteiger partial charge in [-0.2, -0.15) is 10.1 Å². The van der Waals surface area contributed by atoms with E-state index < -0.39 is 0 Å². The predicted octanol–water partition coefficient (Wildman–Crippen LogP) is 3.14. The minimum atomic E-state index is -0.268. The van der Waals surface area contributed by atoms with Gasteiger partial charge in [0.05, 0.1) is 5.69 Å². The monoisotopic (exact) mass is 270 g/mol. The van der Waals surface area contributed by atoms with Gasteiger partial charge in [-0.05, 0) is 43.2 Å². The quantitative estimate of drug-likeness (QED) is 0.793. The van der Waals surface area contributed by atoms with Gasteiger partial charge >= 0.3 is 0 Å². The van der Waals surface area contributed by atoms with Crippen LogP contribution in [0.5, 0.6) is 0 Å². The van der Waals surface area contributed by atoms with Crippen LogP contribution >= 0.6 is 0 Å². The van der Waals surface area contributed by atoms with Gasteiger partial charge in [0.1, 0.15) is 11.5 Å². The first-order valence-corrected chi connectivity index (χ1v) is 6.45. The summed E-state index contributed by atoms with van der Waals surface area (Å²) in [6.45, 7) is 0. The van der Waals surface area contributed by atoms with E-state index in [9.17, 15) is 4.39 Å². The molecule has 3 aromatic rings. The zero-order valence-electron chi connectivity index (χ0n) is 10.5. The van der Waals surface area contributed by atoms with Gasteiger partial charge in [0.15, 0.2) is 5.82 Å². The van der Waals surface area contributed by atoms with Crippen molar-refractivity contribution in [2.75, 3.05) is 0 Å². The van der Waals surface area contributed by atoms with Crippen LogP contribution in [-0.2, 0) is 0 Å². The van der Waals surface area contributed by atoms with E-state index in [1.54, 1.807) is 12.1 Å². The first-order valence-electron chi connectivity index (χ1n) is 6.45. The largest absolute Gasteiger partial charge is 0.332 e. The standard InChI is InChI=1S/C14H11FN4O/c15-10-5-3-8(4-6-10)11-7-12(18-17-11)14-16-13(19-20-14)9-1-2-9/h3-7,9H,1-2H2,(H,17,18). The summed E-state index contributed by atoms with van der Waals surface area (Å²) in [5, 5.41) is 11.0. The highest BCUT2D eigenvalue weighted by atomic mass is 19.1. The molecule has 1 N–H and O–H groups in total. The van der Waals surface area contributed by atoms with Crippen molar-refractivity contribution in [3.8, 4) is 22.8 Å². The van der Waals surface area contributed by atoms with Crippen LogP contribution in [0.2, 0.25) is 0 Å². The van der Waals surface area contributed by atoms with E-state index in [0.29, 0.717) is 23.2 Å². The molecule has 4 rings (SSSR count). The van der Waals surface area contributed by atoms with E-state index in [0.717, 1.165) is 24.2 Å². The van der Waals surface area contributed by atoms with Gasteiger partial charge in [-0.1, -0.05) is 5.16 Å². The number of rotatable bonds is 3. The highest BCUT2D eigenvalue weighted by molar-refractivity contribution is 5.64. The molecule has 5 nitrogen and oxygen atoms in total. The number of hydrogen-bond acceptors (Lipinski definition) is 4. The summed E-state index contributed by atoms with van der Waals surface area (Å²) in [7, 11) is 0. The maximum Gasteiger partial charge on any atom is 0.275 e. The number of aromatic nitrogens is 4. The SMILES string of the molecule is Fc1ccc(-c2cc(-c3nc(C4CC4)no3)[nH]n2)cc1. The van der Waals surface area contributed by atoms with Crippen LogP contribution in [0.3, 0.4) is 0 Å².